The maximum atomic E-state index is 12.5. The molecule has 7 heteroatoms. The third kappa shape index (κ3) is 10.2. The van der Waals surface area contributed by atoms with Crippen LogP contribution in [-0.4, -0.2) is 38.9 Å². The van der Waals surface area contributed by atoms with E-state index in [1.807, 2.05) is 6.26 Å². The SMILES string of the molecule is CSCCC(NS(=O)(=O)c1ccccc1)C(=O)NCCCCCCC(C)C. The highest BCUT2D eigenvalue weighted by atomic mass is 32.2. The maximum absolute atomic E-state index is 12.5. The average Bonchev–Trinajstić information content (AvgIpc) is 2.64. The molecule has 5 nitrogen and oxygen atoms in total. The van der Waals surface area contributed by atoms with Gasteiger partial charge in [-0.25, -0.2) is 8.42 Å². The van der Waals surface area contributed by atoms with Crippen molar-refractivity contribution in [3.8, 4) is 0 Å². The molecule has 0 aromatic heterocycles. The minimum absolute atomic E-state index is 0.178. The van der Waals surface area contributed by atoms with Gasteiger partial charge in [0.25, 0.3) is 0 Å². The van der Waals surface area contributed by atoms with Crippen LogP contribution < -0.4 is 10.0 Å². The standard InChI is InChI=1S/C20H34N2O3S2/c1-17(2)11-7-4-5-10-15-21-20(23)19(14-16-26-3)22-27(24,25)18-12-8-6-9-13-18/h6,8-9,12-13,17,19,22H,4-5,7,10-11,14-16H2,1-3H3,(H,21,23). The molecule has 0 radical (unpaired) electrons. The Morgan fingerprint density at radius 3 is 2.33 bits per heavy atom. The number of hydrogen-bond acceptors (Lipinski definition) is 4. The van der Waals surface area contributed by atoms with Crippen LogP contribution in [0.4, 0.5) is 0 Å². The van der Waals surface area contributed by atoms with Crippen molar-refractivity contribution in [2.75, 3.05) is 18.6 Å². The number of rotatable bonds is 14. The number of thioether (sulfide) groups is 1. The van der Waals surface area contributed by atoms with Crippen molar-refractivity contribution < 1.29 is 13.2 Å². The fourth-order valence-corrected chi connectivity index (χ4v) is 4.42. The lowest BCUT2D eigenvalue weighted by atomic mass is 10.0. The zero-order valence-corrected chi connectivity index (χ0v) is 18.4. The largest absolute Gasteiger partial charge is 0.355 e. The average molecular weight is 415 g/mol. The topological polar surface area (TPSA) is 75.3 Å². The lowest BCUT2D eigenvalue weighted by molar-refractivity contribution is -0.122. The molecule has 1 aromatic carbocycles. The summed E-state index contributed by atoms with van der Waals surface area (Å²) in [7, 11) is -3.71. The molecule has 0 aliphatic heterocycles. The molecule has 27 heavy (non-hydrogen) atoms. The van der Waals surface area contributed by atoms with Gasteiger partial charge in [0.1, 0.15) is 6.04 Å². The van der Waals surface area contributed by atoms with E-state index in [1.54, 1.807) is 30.0 Å². The van der Waals surface area contributed by atoms with E-state index < -0.39 is 16.1 Å². The van der Waals surface area contributed by atoms with Crippen LogP contribution in [0, 0.1) is 5.92 Å². The van der Waals surface area contributed by atoms with Gasteiger partial charge in [0.05, 0.1) is 4.90 Å². The highest BCUT2D eigenvalue weighted by Crippen LogP contribution is 2.11. The summed E-state index contributed by atoms with van der Waals surface area (Å²) in [5.41, 5.74) is 0. The summed E-state index contributed by atoms with van der Waals surface area (Å²) in [6.07, 6.45) is 8.04. The third-order valence-corrected chi connectivity index (χ3v) is 6.42. The van der Waals surface area contributed by atoms with E-state index >= 15 is 0 Å². The number of sulfonamides is 1. The highest BCUT2D eigenvalue weighted by Gasteiger charge is 2.25. The Bertz CT molecular complexity index is 634. The smallest absolute Gasteiger partial charge is 0.241 e. The van der Waals surface area contributed by atoms with Crippen molar-refractivity contribution in [3.63, 3.8) is 0 Å². The highest BCUT2D eigenvalue weighted by molar-refractivity contribution is 7.98. The van der Waals surface area contributed by atoms with Gasteiger partial charge < -0.3 is 5.32 Å². The van der Waals surface area contributed by atoms with Crippen LogP contribution in [0.5, 0.6) is 0 Å². The number of hydrogen-bond donors (Lipinski definition) is 2. The Morgan fingerprint density at radius 2 is 1.70 bits per heavy atom. The van der Waals surface area contributed by atoms with E-state index in [-0.39, 0.29) is 10.8 Å². The van der Waals surface area contributed by atoms with E-state index in [0.717, 1.165) is 18.8 Å². The van der Waals surface area contributed by atoms with Gasteiger partial charge in [-0.15, -0.1) is 0 Å². The van der Waals surface area contributed by atoms with Gasteiger partial charge in [0.15, 0.2) is 0 Å². The maximum Gasteiger partial charge on any atom is 0.241 e. The van der Waals surface area contributed by atoms with Crippen LogP contribution in [-0.2, 0) is 14.8 Å². The predicted molar refractivity (Wildman–Crippen MR) is 114 cm³/mol. The summed E-state index contributed by atoms with van der Waals surface area (Å²) in [6.45, 7) is 5.04. The number of benzene rings is 1. The van der Waals surface area contributed by atoms with Crippen molar-refractivity contribution in [3.05, 3.63) is 30.3 Å². The number of amides is 1. The van der Waals surface area contributed by atoms with Gasteiger partial charge in [0, 0.05) is 6.54 Å². The molecule has 1 amide bonds. The molecule has 0 bridgehead atoms. The van der Waals surface area contributed by atoms with Crippen LogP contribution in [0.15, 0.2) is 35.2 Å². The zero-order valence-electron chi connectivity index (χ0n) is 16.7. The first-order valence-electron chi connectivity index (χ1n) is 9.71. The molecule has 0 heterocycles. The summed E-state index contributed by atoms with van der Waals surface area (Å²) >= 11 is 1.59. The predicted octanol–water partition coefficient (Wildman–Crippen LogP) is 3.81. The molecular weight excluding hydrogens is 380 g/mol. The Morgan fingerprint density at radius 1 is 1.04 bits per heavy atom. The molecule has 1 atom stereocenters. The van der Waals surface area contributed by atoms with Gasteiger partial charge in [-0.3, -0.25) is 4.79 Å². The Labute approximate surface area is 169 Å². The lowest BCUT2D eigenvalue weighted by Crippen LogP contribution is -2.47. The Balaban J connectivity index is 2.49. The summed E-state index contributed by atoms with van der Waals surface area (Å²) in [4.78, 5) is 12.7. The van der Waals surface area contributed by atoms with Crippen molar-refractivity contribution in [1.29, 1.82) is 0 Å². The second kappa shape index (κ2) is 13.2. The summed E-state index contributed by atoms with van der Waals surface area (Å²) < 4.78 is 27.6. The van der Waals surface area contributed by atoms with E-state index in [4.69, 9.17) is 0 Å². The molecule has 0 saturated heterocycles. The van der Waals surface area contributed by atoms with E-state index in [0.29, 0.717) is 18.7 Å². The van der Waals surface area contributed by atoms with Crippen molar-refractivity contribution >= 4 is 27.7 Å². The quantitative estimate of drug-likeness (QED) is 0.454. The van der Waals surface area contributed by atoms with Crippen LogP contribution in [0.1, 0.15) is 52.4 Å². The van der Waals surface area contributed by atoms with Crippen LogP contribution in [0.25, 0.3) is 0 Å². The molecule has 1 aromatic rings. The van der Waals surface area contributed by atoms with Crippen LogP contribution in [0.3, 0.4) is 0 Å². The second-order valence-corrected chi connectivity index (χ2v) is 9.86. The Kier molecular flexibility index (Phi) is 11.7. The van der Waals surface area contributed by atoms with Gasteiger partial charge in [-0.2, -0.15) is 16.5 Å². The number of nitrogens with one attached hydrogen (secondary N) is 2. The molecule has 0 aliphatic carbocycles. The number of unbranched alkanes of at least 4 members (excludes halogenated alkanes) is 3. The normalized spacial score (nSPS) is 12.9. The van der Waals surface area contributed by atoms with E-state index in [9.17, 15) is 13.2 Å². The third-order valence-electron chi connectivity index (χ3n) is 4.29. The minimum atomic E-state index is -3.71. The first-order valence-corrected chi connectivity index (χ1v) is 12.6. The minimum Gasteiger partial charge on any atom is -0.355 e. The zero-order chi connectivity index (χ0) is 20.1. The molecule has 0 fully saturated rings. The molecule has 0 spiro atoms. The fraction of sp³-hybridized carbons (Fsp3) is 0.650. The van der Waals surface area contributed by atoms with E-state index in [1.165, 1.54) is 31.4 Å². The van der Waals surface area contributed by atoms with Crippen LogP contribution >= 0.6 is 11.8 Å². The van der Waals surface area contributed by atoms with Gasteiger partial charge >= 0.3 is 0 Å². The van der Waals surface area contributed by atoms with Crippen molar-refractivity contribution in [2.24, 2.45) is 5.92 Å². The number of carbonyl (C=O) groups excluding carboxylic acids is 1. The van der Waals surface area contributed by atoms with E-state index in [2.05, 4.69) is 23.9 Å². The number of carbonyl (C=O) groups is 1. The molecule has 1 unspecified atom stereocenters. The first kappa shape index (κ1) is 24.0. The second-order valence-electron chi connectivity index (χ2n) is 7.16. The van der Waals surface area contributed by atoms with Crippen LogP contribution in [0.2, 0.25) is 0 Å². The Hall–Kier alpha value is -1.05. The monoisotopic (exact) mass is 414 g/mol. The van der Waals surface area contributed by atoms with Crippen molar-refractivity contribution in [2.45, 2.75) is 63.3 Å². The molecule has 1 rings (SSSR count). The first-order chi connectivity index (χ1) is 12.9. The lowest BCUT2D eigenvalue weighted by Gasteiger charge is -2.18. The van der Waals surface area contributed by atoms with Gasteiger partial charge in [-0.1, -0.05) is 57.7 Å². The molecule has 0 aliphatic rings. The fourth-order valence-electron chi connectivity index (χ4n) is 2.70. The molecule has 0 saturated carbocycles. The van der Waals surface area contributed by atoms with Gasteiger partial charge in [-0.05, 0) is 42.9 Å². The molecule has 154 valence electrons. The van der Waals surface area contributed by atoms with Gasteiger partial charge in [0.2, 0.25) is 15.9 Å². The summed E-state index contributed by atoms with van der Waals surface area (Å²) in [5.74, 6) is 1.20. The van der Waals surface area contributed by atoms with Crippen molar-refractivity contribution in [1.82, 2.24) is 10.0 Å². The molecular formula is C20H34N2O3S2. The summed E-state index contributed by atoms with van der Waals surface area (Å²) in [6, 6.07) is 7.42. The summed E-state index contributed by atoms with van der Waals surface area (Å²) in [5, 5.41) is 2.89. The molecule has 2 N–H and O–H groups in total.